The van der Waals surface area contributed by atoms with Crippen LogP contribution in [0.2, 0.25) is 0 Å². The lowest BCUT2D eigenvalue weighted by atomic mass is 10.1. The molecule has 120 valence electrons. The van der Waals surface area contributed by atoms with Crippen molar-refractivity contribution in [3.8, 4) is 0 Å². The molecule has 2 heterocycles. The minimum absolute atomic E-state index is 0.00660. The molecule has 0 saturated carbocycles. The van der Waals surface area contributed by atoms with Gasteiger partial charge < -0.3 is 0 Å². The van der Waals surface area contributed by atoms with Gasteiger partial charge in [-0.2, -0.15) is 5.10 Å². The lowest BCUT2D eigenvalue weighted by Gasteiger charge is -2.17. The van der Waals surface area contributed by atoms with E-state index in [1.165, 1.54) is 0 Å². The zero-order valence-corrected chi connectivity index (χ0v) is 14.3. The molecule has 0 saturated heterocycles. The molecule has 3 rings (SSSR count). The average molecular weight is 310 g/mol. The van der Waals surface area contributed by atoms with Gasteiger partial charge in [0.2, 0.25) is 0 Å². The van der Waals surface area contributed by atoms with E-state index < -0.39 is 0 Å². The molecule has 0 N–H and O–H groups in total. The van der Waals surface area contributed by atoms with E-state index in [1.54, 1.807) is 10.9 Å². The van der Waals surface area contributed by atoms with Crippen LogP contribution in [0.15, 0.2) is 29.3 Å². The summed E-state index contributed by atoms with van der Waals surface area (Å²) in [5.74, 6) is 0. The second kappa shape index (κ2) is 5.65. The number of nitrogens with zero attached hydrogens (tertiary/aromatic N) is 4. The van der Waals surface area contributed by atoms with Crippen molar-refractivity contribution < 1.29 is 0 Å². The Kier molecular flexibility index (Phi) is 3.80. The average Bonchev–Trinajstić information content (AvgIpc) is 2.81. The van der Waals surface area contributed by atoms with Crippen LogP contribution >= 0.6 is 0 Å². The predicted octanol–water partition coefficient (Wildman–Crippen LogP) is 3.09. The SMILES string of the molecule is Cc1cc(C)n(C[C@H](C)n2cnc3c(C)c(C)ccc3c2=O)n1. The van der Waals surface area contributed by atoms with E-state index in [2.05, 4.69) is 10.1 Å². The summed E-state index contributed by atoms with van der Waals surface area (Å²) in [7, 11) is 0. The predicted molar refractivity (Wildman–Crippen MR) is 91.9 cm³/mol. The van der Waals surface area contributed by atoms with Crippen molar-refractivity contribution in [1.29, 1.82) is 0 Å². The summed E-state index contributed by atoms with van der Waals surface area (Å²) in [5, 5.41) is 5.15. The van der Waals surface area contributed by atoms with Crippen LogP contribution in [0.5, 0.6) is 0 Å². The normalized spacial score (nSPS) is 12.7. The van der Waals surface area contributed by atoms with E-state index in [9.17, 15) is 4.79 Å². The molecule has 1 atom stereocenters. The first-order chi connectivity index (χ1) is 10.9. The van der Waals surface area contributed by atoms with Gasteiger partial charge in [-0.25, -0.2) is 4.98 Å². The van der Waals surface area contributed by atoms with E-state index in [1.807, 2.05) is 57.5 Å². The highest BCUT2D eigenvalue weighted by molar-refractivity contribution is 5.81. The number of aromatic nitrogens is 4. The number of benzene rings is 1. The maximum atomic E-state index is 12.8. The quantitative estimate of drug-likeness (QED) is 0.747. The minimum Gasteiger partial charge on any atom is -0.294 e. The fourth-order valence-corrected chi connectivity index (χ4v) is 2.96. The third kappa shape index (κ3) is 2.67. The molecular weight excluding hydrogens is 288 g/mol. The van der Waals surface area contributed by atoms with Gasteiger partial charge >= 0.3 is 0 Å². The zero-order chi connectivity index (χ0) is 16.7. The summed E-state index contributed by atoms with van der Waals surface area (Å²) in [6.45, 7) is 10.7. The fourth-order valence-electron chi connectivity index (χ4n) is 2.96. The molecule has 0 spiro atoms. The lowest BCUT2D eigenvalue weighted by molar-refractivity contribution is 0.419. The van der Waals surface area contributed by atoms with E-state index in [-0.39, 0.29) is 11.6 Å². The van der Waals surface area contributed by atoms with Gasteiger partial charge in [-0.15, -0.1) is 0 Å². The first-order valence-corrected chi connectivity index (χ1v) is 7.86. The Hall–Kier alpha value is -2.43. The van der Waals surface area contributed by atoms with Crippen molar-refractivity contribution in [2.45, 2.75) is 47.2 Å². The minimum atomic E-state index is -0.0148. The second-order valence-electron chi connectivity index (χ2n) is 6.32. The van der Waals surface area contributed by atoms with Crippen LogP contribution in [0.1, 0.15) is 35.5 Å². The Morgan fingerprint density at radius 2 is 1.91 bits per heavy atom. The van der Waals surface area contributed by atoms with Crippen molar-refractivity contribution in [2.75, 3.05) is 0 Å². The molecule has 0 aliphatic heterocycles. The van der Waals surface area contributed by atoms with Crippen molar-refractivity contribution in [1.82, 2.24) is 19.3 Å². The van der Waals surface area contributed by atoms with Gasteiger partial charge in [0.15, 0.2) is 0 Å². The molecule has 0 bridgehead atoms. The van der Waals surface area contributed by atoms with Crippen LogP contribution in [-0.2, 0) is 6.54 Å². The highest BCUT2D eigenvalue weighted by atomic mass is 16.1. The van der Waals surface area contributed by atoms with Gasteiger partial charge in [0, 0.05) is 5.69 Å². The molecule has 0 unspecified atom stereocenters. The molecule has 5 heteroatoms. The van der Waals surface area contributed by atoms with E-state index >= 15 is 0 Å². The molecule has 0 amide bonds. The molecule has 0 aliphatic carbocycles. The van der Waals surface area contributed by atoms with Gasteiger partial charge in [-0.05, 0) is 57.9 Å². The number of fused-ring (bicyclic) bond motifs is 1. The number of aryl methyl sites for hydroxylation is 4. The van der Waals surface area contributed by atoms with E-state index in [0.717, 1.165) is 28.0 Å². The van der Waals surface area contributed by atoms with E-state index in [0.29, 0.717) is 11.9 Å². The summed E-state index contributed by atoms with van der Waals surface area (Å²) in [6.07, 6.45) is 1.66. The van der Waals surface area contributed by atoms with Crippen LogP contribution in [0.4, 0.5) is 0 Å². The van der Waals surface area contributed by atoms with Gasteiger partial charge in [0.25, 0.3) is 5.56 Å². The molecule has 3 aromatic rings. The van der Waals surface area contributed by atoms with Gasteiger partial charge in [0.05, 0.1) is 35.5 Å². The molecule has 2 aromatic heterocycles. The zero-order valence-electron chi connectivity index (χ0n) is 14.3. The third-order valence-electron chi connectivity index (χ3n) is 4.49. The molecule has 23 heavy (non-hydrogen) atoms. The van der Waals surface area contributed by atoms with Gasteiger partial charge in [-0.1, -0.05) is 6.07 Å². The standard InChI is InChI=1S/C18H22N4O/c1-11-6-7-16-17(15(11)5)19-10-21(18(16)23)14(4)9-22-13(3)8-12(2)20-22/h6-8,10,14H,9H2,1-5H3/t14-/m0/s1. The maximum Gasteiger partial charge on any atom is 0.261 e. The molecule has 5 nitrogen and oxygen atoms in total. The van der Waals surface area contributed by atoms with Crippen LogP contribution < -0.4 is 5.56 Å². The summed E-state index contributed by atoms with van der Waals surface area (Å²) >= 11 is 0. The third-order valence-corrected chi connectivity index (χ3v) is 4.49. The Balaban J connectivity index is 2.03. The number of hydrogen-bond donors (Lipinski definition) is 0. The highest BCUT2D eigenvalue weighted by Crippen LogP contribution is 2.17. The van der Waals surface area contributed by atoms with Crippen LogP contribution in [0.3, 0.4) is 0 Å². The van der Waals surface area contributed by atoms with Crippen molar-refractivity contribution in [3.05, 3.63) is 57.4 Å². The highest BCUT2D eigenvalue weighted by Gasteiger charge is 2.14. The summed E-state index contributed by atoms with van der Waals surface area (Å²) in [5.41, 5.74) is 5.11. The first-order valence-electron chi connectivity index (χ1n) is 7.86. The van der Waals surface area contributed by atoms with Crippen LogP contribution in [0.25, 0.3) is 10.9 Å². The van der Waals surface area contributed by atoms with Gasteiger partial charge in [-0.3, -0.25) is 14.0 Å². The molecule has 1 aromatic carbocycles. The van der Waals surface area contributed by atoms with Crippen molar-refractivity contribution >= 4 is 10.9 Å². The van der Waals surface area contributed by atoms with Crippen molar-refractivity contribution in [2.24, 2.45) is 0 Å². The monoisotopic (exact) mass is 310 g/mol. The molecule has 0 aliphatic rings. The number of rotatable bonds is 3. The molecule has 0 fully saturated rings. The Labute approximate surface area is 135 Å². The summed E-state index contributed by atoms with van der Waals surface area (Å²) < 4.78 is 3.64. The first kappa shape index (κ1) is 15.5. The largest absolute Gasteiger partial charge is 0.294 e. The Bertz CT molecular complexity index is 936. The lowest BCUT2D eigenvalue weighted by Crippen LogP contribution is -2.27. The molecule has 0 radical (unpaired) electrons. The Morgan fingerprint density at radius 1 is 1.17 bits per heavy atom. The second-order valence-corrected chi connectivity index (χ2v) is 6.32. The van der Waals surface area contributed by atoms with Crippen LogP contribution in [-0.4, -0.2) is 19.3 Å². The summed E-state index contributed by atoms with van der Waals surface area (Å²) in [4.78, 5) is 17.3. The fraction of sp³-hybridized carbons (Fsp3) is 0.389. The molecular formula is C18H22N4O. The maximum absolute atomic E-state index is 12.8. The topological polar surface area (TPSA) is 52.7 Å². The van der Waals surface area contributed by atoms with Gasteiger partial charge in [0.1, 0.15) is 0 Å². The Morgan fingerprint density at radius 3 is 2.57 bits per heavy atom. The summed E-state index contributed by atoms with van der Waals surface area (Å²) in [6, 6.07) is 5.88. The smallest absolute Gasteiger partial charge is 0.261 e. The van der Waals surface area contributed by atoms with Crippen molar-refractivity contribution in [3.63, 3.8) is 0 Å². The number of hydrogen-bond acceptors (Lipinski definition) is 3. The van der Waals surface area contributed by atoms with E-state index in [4.69, 9.17) is 0 Å². The van der Waals surface area contributed by atoms with Crippen LogP contribution in [0, 0.1) is 27.7 Å².